The van der Waals surface area contributed by atoms with Gasteiger partial charge >= 0.3 is 0 Å². The van der Waals surface area contributed by atoms with Crippen molar-refractivity contribution < 1.29 is 0 Å². The Morgan fingerprint density at radius 2 is 2.00 bits per heavy atom. The average molecular weight is 235 g/mol. The van der Waals surface area contributed by atoms with Gasteiger partial charge in [-0.25, -0.2) is 4.98 Å². The minimum absolute atomic E-state index is 0.0811. The molecule has 16 heavy (non-hydrogen) atoms. The zero-order valence-electron chi connectivity index (χ0n) is 8.83. The van der Waals surface area contributed by atoms with Gasteiger partial charge in [-0.05, 0) is 24.6 Å². The second kappa shape index (κ2) is 4.49. The number of nitrogens with one attached hydrogen (secondary N) is 1. The van der Waals surface area contributed by atoms with Gasteiger partial charge in [0.25, 0.3) is 5.56 Å². The summed E-state index contributed by atoms with van der Waals surface area (Å²) in [7, 11) is 0. The highest BCUT2D eigenvalue weighted by atomic mass is 35.5. The van der Waals surface area contributed by atoms with Gasteiger partial charge in [-0.15, -0.1) is 0 Å². The topological polar surface area (TPSA) is 45.8 Å². The lowest BCUT2D eigenvalue weighted by atomic mass is 10.1. The highest BCUT2D eigenvalue weighted by Crippen LogP contribution is 2.11. The van der Waals surface area contributed by atoms with Crippen LogP contribution < -0.4 is 5.56 Å². The highest BCUT2D eigenvalue weighted by Gasteiger charge is 2.02. The van der Waals surface area contributed by atoms with Crippen molar-refractivity contribution in [2.24, 2.45) is 0 Å². The maximum Gasteiger partial charge on any atom is 0.254 e. The Balaban J connectivity index is 2.27. The Kier molecular flexibility index (Phi) is 3.06. The van der Waals surface area contributed by atoms with Crippen molar-refractivity contribution in [2.75, 3.05) is 0 Å². The molecule has 0 saturated carbocycles. The van der Waals surface area contributed by atoms with E-state index in [4.69, 9.17) is 11.6 Å². The smallest absolute Gasteiger partial charge is 0.254 e. The quantitative estimate of drug-likeness (QED) is 0.867. The first-order chi connectivity index (χ1) is 7.65. The predicted octanol–water partition coefficient (Wildman–Crippen LogP) is 2.32. The van der Waals surface area contributed by atoms with Gasteiger partial charge in [0.2, 0.25) is 0 Å². The third kappa shape index (κ3) is 2.49. The molecule has 4 heteroatoms. The second-order valence-corrected chi connectivity index (χ2v) is 4.06. The molecule has 1 aromatic heterocycles. The SMILES string of the molecule is Cc1ncc(Cc2ccc(Cl)cc2)c(=O)[nH]1. The molecule has 0 saturated heterocycles. The standard InChI is InChI=1S/C12H11ClN2O/c1-8-14-7-10(12(16)15-8)6-9-2-4-11(13)5-3-9/h2-5,7H,6H2,1H3,(H,14,15,16). The molecule has 0 atom stereocenters. The fourth-order valence-electron chi connectivity index (χ4n) is 1.46. The number of halogens is 1. The number of hydrogen-bond donors (Lipinski definition) is 1. The third-order valence-electron chi connectivity index (χ3n) is 2.31. The molecule has 0 bridgehead atoms. The Morgan fingerprint density at radius 3 is 2.62 bits per heavy atom. The highest BCUT2D eigenvalue weighted by molar-refractivity contribution is 6.30. The molecule has 0 amide bonds. The van der Waals surface area contributed by atoms with Crippen LogP contribution in [0.3, 0.4) is 0 Å². The summed E-state index contributed by atoms with van der Waals surface area (Å²) >= 11 is 5.79. The van der Waals surface area contributed by atoms with Crippen molar-refractivity contribution in [1.82, 2.24) is 9.97 Å². The van der Waals surface area contributed by atoms with Gasteiger partial charge in [-0.2, -0.15) is 0 Å². The van der Waals surface area contributed by atoms with Crippen LogP contribution in [0.2, 0.25) is 5.02 Å². The van der Waals surface area contributed by atoms with Crippen molar-refractivity contribution in [3.8, 4) is 0 Å². The van der Waals surface area contributed by atoms with Gasteiger partial charge in [-0.1, -0.05) is 23.7 Å². The number of aromatic nitrogens is 2. The van der Waals surface area contributed by atoms with Crippen molar-refractivity contribution in [3.05, 3.63) is 62.8 Å². The van der Waals surface area contributed by atoms with Gasteiger partial charge < -0.3 is 4.98 Å². The summed E-state index contributed by atoms with van der Waals surface area (Å²) in [5.41, 5.74) is 1.62. The van der Waals surface area contributed by atoms with Gasteiger partial charge in [-0.3, -0.25) is 4.79 Å². The molecule has 0 aliphatic heterocycles. The molecule has 0 spiro atoms. The first kappa shape index (κ1) is 10.9. The number of benzene rings is 1. The van der Waals surface area contributed by atoms with E-state index in [1.807, 2.05) is 24.3 Å². The van der Waals surface area contributed by atoms with E-state index in [-0.39, 0.29) is 5.56 Å². The summed E-state index contributed by atoms with van der Waals surface area (Å²) < 4.78 is 0. The molecular weight excluding hydrogens is 224 g/mol. The van der Waals surface area contributed by atoms with Gasteiger partial charge in [0.05, 0.1) is 0 Å². The molecule has 1 heterocycles. The molecule has 0 aliphatic carbocycles. The normalized spacial score (nSPS) is 10.4. The van der Waals surface area contributed by atoms with Crippen molar-refractivity contribution in [3.63, 3.8) is 0 Å². The van der Waals surface area contributed by atoms with Gasteiger partial charge in [0, 0.05) is 23.2 Å². The number of nitrogens with zero attached hydrogens (tertiary/aromatic N) is 1. The fraction of sp³-hybridized carbons (Fsp3) is 0.167. The molecule has 0 radical (unpaired) electrons. The summed E-state index contributed by atoms with van der Waals surface area (Å²) in [5.74, 6) is 0.629. The molecule has 2 aromatic rings. The molecule has 0 aliphatic rings. The van der Waals surface area contributed by atoms with E-state index in [1.54, 1.807) is 13.1 Å². The van der Waals surface area contributed by atoms with Crippen LogP contribution in [-0.2, 0) is 6.42 Å². The van der Waals surface area contributed by atoms with Crippen LogP contribution in [0, 0.1) is 6.92 Å². The van der Waals surface area contributed by atoms with E-state index in [1.165, 1.54) is 0 Å². The van der Waals surface area contributed by atoms with Crippen LogP contribution in [0.1, 0.15) is 17.0 Å². The van der Waals surface area contributed by atoms with Crippen molar-refractivity contribution >= 4 is 11.6 Å². The molecule has 0 fully saturated rings. The van der Waals surface area contributed by atoms with Gasteiger partial charge in [0.1, 0.15) is 5.82 Å². The monoisotopic (exact) mass is 234 g/mol. The Labute approximate surface area is 98.1 Å². The van der Waals surface area contributed by atoms with Crippen LogP contribution in [0.25, 0.3) is 0 Å². The molecule has 82 valence electrons. The average Bonchev–Trinajstić information content (AvgIpc) is 2.25. The van der Waals surface area contributed by atoms with Crippen molar-refractivity contribution in [2.45, 2.75) is 13.3 Å². The largest absolute Gasteiger partial charge is 0.311 e. The first-order valence-electron chi connectivity index (χ1n) is 4.94. The number of aromatic amines is 1. The molecule has 3 nitrogen and oxygen atoms in total. The number of aryl methyl sites for hydroxylation is 1. The summed E-state index contributed by atoms with van der Waals surface area (Å²) in [4.78, 5) is 18.3. The predicted molar refractivity (Wildman–Crippen MR) is 63.9 cm³/mol. The molecule has 1 aromatic carbocycles. The number of H-pyrrole nitrogens is 1. The Bertz CT molecular complexity index is 546. The van der Waals surface area contributed by atoms with Gasteiger partial charge in [0.15, 0.2) is 0 Å². The summed E-state index contributed by atoms with van der Waals surface area (Å²) in [5, 5.41) is 0.694. The van der Waals surface area contributed by atoms with E-state index in [9.17, 15) is 4.79 Å². The maximum absolute atomic E-state index is 11.6. The van der Waals surface area contributed by atoms with Crippen LogP contribution >= 0.6 is 11.6 Å². The van der Waals surface area contributed by atoms with Crippen LogP contribution in [0.4, 0.5) is 0 Å². The second-order valence-electron chi connectivity index (χ2n) is 3.63. The maximum atomic E-state index is 11.6. The lowest BCUT2D eigenvalue weighted by Gasteiger charge is -2.01. The van der Waals surface area contributed by atoms with E-state index in [0.717, 1.165) is 5.56 Å². The third-order valence-corrected chi connectivity index (χ3v) is 2.56. The summed E-state index contributed by atoms with van der Waals surface area (Å²) in [6.07, 6.45) is 2.18. The molecule has 2 rings (SSSR count). The first-order valence-corrected chi connectivity index (χ1v) is 5.32. The number of hydrogen-bond acceptors (Lipinski definition) is 2. The van der Waals surface area contributed by atoms with E-state index in [2.05, 4.69) is 9.97 Å². The van der Waals surface area contributed by atoms with Crippen LogP contribution in [0.15, 0.2) is 35.3 Å². The lowest BCUT2D eigenvalue weighted by molar-refractivity contribution is 0.966. The Morgan fingerprint density at radius 1 is 1.31 bits per heavy atom. The lowest BCUT2D eigenvalue weighted by Crippen LogP contribution is -2.14. The minimum atomic E-state index is -0.0811. The zero-order chi connectivity index (χ0) is 11.5. The van der Waals surface area contributed by atoms with E-state index >= 15 is 0 Å². The molecule has 0 unspecified atom stereocenters. The summed E-state index contributed by atoms with van der Waals surface area (Å²) in [6, 6.07) is 7.43. The minimum Gasteiger partial charge on any atom is -0.311 e. The summed E-state index contributed by atoms with van der Waals surface area (Å²) in [6.45, 7) is 1.76. The molecular formula is C12H11ClN2O. The fourth-order valence-corrected chi connectivity index (χ4v) is 1.58. The van der Waals surface area contributed by atoms with Crippen LogP contribution in [-0.4, -0.2) is 9.97 Å². The zero-order valence-corrected chi connectivity index (χ0v) is 9.58. The van der Waals surface area contributed by atoms with E-state index < -0.39 is 0 Å². The van der Waals surface area contributed by atoms with Crippen molar-refractivity contribution in [1.29, 1.82) is 0 Å². The Hall–Kier alpha value is -1.61. The van der Waals surface area contributed by atoms with E-state index in [0.29, 0.717) is 22.8 Å². The number of rotatable bonds is 2. The van der Waals surface area contributed by atoms with Crippen LogP contribution in [0.5, 0.6) is 0 Å². The molecule has 1 N–H and O–H groups in total.